The summed E-state index contributed by atoms with van der Waals surface area (Å²) in [5.41, 5.74) is 7.16. The zero-order valence-corrected chi connectivity index (χ0v) is 37.1. The quantitative estimate of drug-likeness (QED) is 0.168. The minimum absolute atomic E-state index is 0.0751. The molecule has 0 aromatic rings. The van der Waals surface area contributed by atoms with E-state index in [0.29, 0.717) is 66.3 Å². The van der Waals surface area contributed by atoms with Crippen molar-refractivity contribution in [3.8, 4) is 11.8 Å². The number of hydrogen-bond acceptors (Lipinski definition) is 8. The minimum Gasteiger partial charge on any atom is -0.465 e. The number of carbonyl (C=O) groups excluding carboxylic acids is 1. The van der Waals surface area contributed by atoms with E-state index in [1.807, 2.05) is 7.11 Å². The first-order valence-electron chi connectivity index (χ1n) is 24.9. The number of fused-ring (bicyclic) bond motifs is 7. The second-order valence-corrected chi connectivity index (χ2v) is 22.1. The zero-order valence-electron chi connectivity index (χ0n) is 37.1. The van der Waals surface area contributed by atoms with Crippen molar-refractivity contribution in [3.63, 3.8) is 0 Å². The molecule has 6 N–H and O–H groups in total. The van der Waals surface area contributed by atoms with E-state index in [2.05, 4.69) is 24.1 Å². The lowest BCUT2D eigenvalue weighted by Gasteiger charge is -2.61. The van der Waals surface area contributed by atoms with Crippen LogP contribution in [0.2, 0.25) is 0 Å². The molecule has 1 spiro atoms. The lowest BCUT2D eigenvalue weighted by atomic mass is 9.45. The number of ether oxygens (including phenoxy) is 4. The van der Waals surface area contributed by atoms with Gasteiger partial charge in [0.15, 0.2) is 6.04 Å². The van der Waals surface area contributed by atoms with Crippen LogP contribution in [0.4, 0.5) is 0 Å². The van der Waals surface area contributed by atoms with Crippen LogP contribution in [0.25, 0.3) is 0 Å². The summed E-state index contributed by atoms with van der Waals surface area (Å²) < 4.78 is 26.2. The molecule has 6 saturated carbocycles. The van der Waals surface area contributed by atoms with Crippen LogP contribution in [0.5, 0.6) is 0 Å². The first kappa shape index (κ1) is 43.0. The Morgan fingerprint density at radius 3 is 2.37 bits per heavy atom. The van der Waals surface area contributed by atoms with Crippen molar-refractivity contribution in [2.45, 2.75) is 191 Å². The maximum atomic E-state index is 12.5. The van der Waals surface area contributed by atoms with Crippen molar-refractivity contribution in [3.05, 3.63) is 0 Å². The third kappa shape index (κ3) is 8.23. The van der Waals surface area contributed by atoms with Crippen LogP contribution in [0, 0.1) is 94.2 Å². The average molecular weight is 822 g/mol. The second kappa shape index (κ2) is 18.1. The number of nitrogens with two attached hydrogens (primary N) is 2. The summed E-state index contributed by atoms with van der Waals surface area (Å²) in [7, 11) is 3.62. The van der Waals surface area contributed by atoms with E-state index < -0.39 is 6.10 Å². The molecular weight excluding hydrogens is 741 g/mol. The molecule has 21 unspecified atom stereocenters. The number of aliphatic hydroxyl groups is 2. The fraction of sp³-hybridized carbons (Fsp3) is 0.940. The average Bonchev–Trinajstić information content (AvgIpc) is 3.81. The maximum Gasteiger partial charge on any atom is 0.302 e. The van der Waals surface area contributed by atoms with Crippen LogP contribution in [-0.2, 0) is 23.7 Å². The molecule has 0 amide bonds. The van der Waals surface area contributed by atoms with E-state index in [-0.39, 0.29) is 71.9 Å². The van der Waals surface area contributed by atoms with E-state index >= 15 is 0 Å². The highest BCUT2D eigenvalue weighted by Crippen LogP contribution is 2.69. The molecule has 3 heterocycles. The third-order valence-electron chi connectivity index (χ3n) is 19.5. The van der Waals surface area contributed by atoms with Crippen molar-refractivity contribution in [2.24, 2.45) is 88.1 Å². The van der Waals surface area contributed by atoms with E-state index in [4.69, 9.17) is 24.7 Å². The van der Waals surface area contributed by atoms with Crippen molar-refractivity contribution >= 4 is 5.97 Å². The molecule has 9 rings (SSSR count). The predicted octanol–water partition coefficient (Wildman–Crippen LogP) is 6.22. The summed E-state index contributed by atoms with van der Waals surface area (Å²) >= 11 is 0. The second-order valence-electron chi connectivity index (χ2n) is 22.1. The highest BCUT2D eigenvalue weighted by molar-refractivity contribution is 5.65. The van der Waals surface area contributed by atoms with Crippen LogP contribution >= 0.6 is 0 Å². The Labute approximate surface area is 356 Å². The molecule has 3 aliphatic heterocycles. The van der Waals surface area contributed by atoms with Gasteiger partial charge in [0, 0.05) is 45.3 Å². The molecule has 4 bridgehead atoms. The fourth-order valence-corrected chi connectivity index (χ4v) is 17.0. The fourth-order valence-electron chi connectivity index (χ4n) is 17.0. The Kier molecular flexibility index (Phi) is 13.2. The molecule has 21 atom stereocenters. The Morgan fingerprint density at radius 2 is 1.61 bits per heavy atom. The molecule has 6 aliphatic carbocycles. The van der Waals surface area contributed by atoms with Gasteiger partial charge in [0.05, 0.1) is 43.2 Å². The lowest BCUT2D eigenvalue weighted by Crippen LogP contribution is -3.01. The molecule has 332 valence electrons. The largest absolute Gasteiger partial charge is 0.465 e. The topological polar surface area (TPSA) is 137 Å². The van der Waals surface area contributed by atoms with Gasteiger partial charge in [0.2, 0.25) is 0 Å². The number of piperidine rings is 1. The van der Waals surface area contributed by atoms with Crippen molar-refractivity contribution in [2.75, 3.05) is 20.8 Å². The first-order chi connectivity index (χ1) is 28.6. The van der Waals surface area contributed by atoms with Gasteiger partial charge in [-0.25, -0.2) is 0 Å². The predicted molar refractivity (Wildman–Crippen MR) is 226 cm³/mol. The number of hydrogen-bond donors (Lipinski definition) is 4. The first-order valence-corrected chi connectivity index (χ1v) is 24.9. The van der Waals surface area contributed by atoms with Gasteiger partial charge in [0.1, 0.15) is 6.17 Å². The van der Waals surface area contributed by atoms with Crippen LogP contribution in [0.3, 0.4) is 0 Å². The molecule has 8 fully saturated rings. The zero-order chi connectivity index (χ0) is 41.0. The summed E-state index contributed by atoms with van der Waals surface area (Å²) in [5.74, 6) is 13.2. The smallest absolute Gasteiger partial charge is 0.302 e. The van der Waals surface area contributed by atoms with Gasteiger partial charge in [-0.3, -0.25) is 10.5 Å². The van der Waals surface area contributed by atoms with Gasteiger partial charge < -0.3 is 34.5 Å². The molecule has 9 nitrogen and oxygen atoms in total. The van der Waals surface area contributed by atoms with Crippen molar-refractivity contribution < 1.29 is 39.3 Å². The highest BCUT2D eigenvalue weighted by Gasteiger charge is 2.66. The number of quaternary nitrogens is 1. The van der Waals surface area contributed by atoms with Crippen molar-refractivity contribution in [1.29, 1.82) is 0 Å². The van der Waals surface area contributed by atoms with Gasteiger partial charge >= 0.3 is 5.97 Å². The molecule has 0 radical (unpaired) electrons. The van der Waals surface area contributed by atoms with Gasteiger partial charge in [-0.2, -0.15) is 0 Å². The Hall–Kier alpha value is -1.25. The van der Waals surface area contributed by atoms with E-state index in [1.165, 1.54) is 77.0 Å². The van der Waals surface area contributed by atoms with Gasteiger partial charge in [-0.05, 0) is 154 Å². The number of aliphatic hydroxyl groups excluding tert-OH is 2. The molecular formula is C50H81N2O7+. The molecule has 0 aromatic carbocycles. The van der Waals surface area contributed by atoms with Gasteiger partial charge in [-0.1, -0.05) is 51.4 Å². The Morgan fingerprint density at radius 1 is 0.831 bits per heavy atom. The van der Waals surface area contributed by atoms with Gasteiger partial charge in [-0.15, -0.1) is 0 Å². The molecule has 59 heavy (non-hydrogen) atoms. The Bertz CT molecular complexity index is 1510. The number of methoxy groups -OCH3 is 2. The van der Waals surface area contributed by atoms with E-state index in [0.717, 1.165) is 50.9 Å². The SMILES string of the molecule is CCC1CC2C(C#CCC3CC(O)C(OC)CC3C3OC4C(CCC5C6C(CC(O)CC6OC)CC6(CCC(C6)C2CCC2CCCCC2)C54)C3COC(C)=O)[NH2+]C1N. The highest BCUT2D eigenvalue weighted by atomic mass is 16.5. The summed E-state index contributed by atoms with van der Waals surface area (Å²) in [6.45, 7) is 4.27. The lowest BCUT2D eigenvalue weighted by molar-refractivity contribution is -0.733. The van der Waals surface area contributed by atoms with Gasteiger partial charge in [0.25, 0.3) is 0 Å². The van der Waals surface area contributed by atoms with Crippen LogP contribution in [0.1, 0.15) is 142 Å². The van der Waals surface area contributed by atoms with Crippen LogP contribution < -0.4 is 11.1 Å². The van der Waals surface area contributed by atoms with Crippen LogP contribution in [0.15, 0.2) is 0 Å². The molecule has 0 aromatic heterocycles. The summed E-state index contributed by atoms with van der Waals surface area (Å²) in [4.78, 5) is 12.5. The summed E-state index contributed by atoms with van der Waals surface area (Å²) in [5, 5.41) is 25.3. The molecule has 9 aliphatic rings. The monoisotopic (exact) mass is 822 g/mol. The van der Waals surface area contributed by atoms with E-state index in [9.17, 15) is 15.0 Å². The molecule has 2 saturated heterocycles. The summed E-state index contributed by atoms with van der Waals surface area (Å²) in [6.07, 6.45) is 21.9. The number of esters is 1. The number of carbonyl (C=O) groups is 1. The maximum absolute atomic E-state index is 12.5. The van der Waals surface area contributed by atoms with Crippen molar-refractivity contribution in [1.82, 2.24) is 0 Å². The third-order valence-corrected chi connectivity index (χ3v) is 19.5. The minimum atomic E-state index is -0.538. The standard InChI is InChI=1S/C50H80N2O7/c1-5-30-21-39-35(15-14-29-10-7-6-8-11-29)32-18-19-50(25-32)26-33-20-34(54)23-44(57-4)45(33)37-17-16-36-40(27-58-28(2)53)47(59-48(36)46(37)50)38-24-43(56-3)42(55)22-31(38)12-9-13-41(39)52-49(30)51/h29-49,52,54-55H,5-8,10-12,14-27,51H2,1-4H3/p+1. The normalized spacial score (nSPS) is 50.8. The number of rotatable bonds is 8. The molecule has 9 heteroatoms. The Balaban J connectivity index is 1.16. The van der Waals surface area contributed by atoms with Crippen LogP contribution in [-0.4, -0.2) is 85.8 Å². The van der Waals surface area contributed by atoms with E-state index in [1.54, 1.807) is 14.0 Å². The summed E-state index contributed by atoms with van der Waals surface area (Å²) in [6, 6.07) is 0.187.